The minimum absolute atomic E-state index is 0.0542. The van der Waals surface area contributed by atoms with Crippen molar-refractivity contribution >= 4 is 22.2 Å². The number of aryl methyl sites for hydroxylation is 1. The van der Waals surface area contributed by atoms with E-state index in [1.165, 1.54) is 26.8 Å². The summed E-state index contributed by atoms with van der Waals surface area (Å²) in [6.07, 6.45) is 3.11. The topological polar surface area (TPSA) is 74.9 Å². The Morgan fingerprint density at radius 2 is 2.24 bits per heavy atom. The zero-order chi connectivity index (χ0) is 15.4. The Morgan fingerprint density at radius 3 is 2.90 bits per heavy atom. The molecule has 0 aliphatic carbocycles. The molecule has 0 aliphatic heterocycles. The molecule has 0 saturated carbocycles. The van der Waals surface area contributed by atoms with Gasteiger partial charge in [-0.1, -0.05) is 13.3 Å². The molecule has 0 saturated heterocycles. The third-order valence-electron chi connectivity index (χ3n) is 3.29. The fraction of sp³-hybridized carbons (Fsp3) is 0.500. The van der Waals surface area contributed by atoms with E-state index >= 15 is 0 Å². The molecule has 0 bridgehead atoms. The van der Waals surface area contributed by atoms with E-state index in [9.17, 15) is 9.59 Å². The smallest absolute Gasteiger partial charge is 0.271 e. The first-order chi connectivity index (χ1) is 10.1. The summed E-state index contributed by atoms with van der Waals surface area (Å²) in [6.45, 7) is 4.47. The molecule has 2 aromatic rings. The van der Waals surface area contributed by atoms with E-state index in [1.807, 2.05) is 19.2 Å². The lowest BCUT2D eigenvalue weighted by Gasteiger charge is -2.21. The number of thiazole rings is 1. The minimum Gasteiger partial charge on any atom is -0.395 e. The first-order valence-corrected chi connectivity index (χ1v) is 7.84. The van der Waals surface area contributed by atoms with Crippen LogP contribution in [0.4, 0.5) is 0 Å². The number of carbonyl (C=O) groups is 1. The highest BCUT2D eigenvalue weighted by molar-refractivity contribution is 7.15. The summed E-state index contributed by atoms with van der Waals surface area (Å²) < 4.78 is 1.45. The lowest BCUT2D eigenvalue weighted by atomic mass is 10.2. The van der Waals surface area contributed by atoms with Crippen LogP contribution in [0.1, 0.15) is 35.8 Å². The van der Waals surface area contributed by atoms with Crippen molar-refractivity contribution in [1.82, 2.24) is 14.3 Å². The van der Waals surface area contributed by atoms with Crippen molar-refractivity contribution in [1.29, 1.82) is 0 Å². The maximum absolute atomic E-state index is 12.5. The largest absolute Gasteiger partial charge is 0.395 e. The summed E-state index contributed by atoms with van der Waals surface area (Å²) in [5.74, 6) is -0.366. The van der Waals surface area contributed by atoms with Gasteiger partial charge >= 0.3 is 0 Å². The number of rotatable bonds is 6. The summed E-state index contributed by atoms with van der Waals surface area (Å²) in [4.78, 5) is 31.2. The van der Waals surface area contributed by atoms with Crippen molar-refractivity contribution in [2.75, 3.05) is 19.7 Å². The number of unbranched alkanes of at least 4 members (excludes halogenated alkanes) is 1. The second-order valence-corrected chi connectivity index (χ2v) is 5.68. The fourth-order valence-electron chi connectivity index (χ4n) is 2.13. The Morgan fingerprint density at radius 1 is 1.48 bits per heavy atom. The number of nitrogens with zero attached hydrogens (tertiary/aromatic N) is 3. The minimum atomic E-state index is -0.366. The van der Waals surface area contributed by atoms with Crippen LogP contribution in [0.5, 0.6) is 0 Å². The second-order valence-electron chi connectivity index (χ2n) is 4.84. The summed E-state index contributed by atoms with van der Waals surface area (Å²) >= 11 is 1.37. The average Bonchev–Trinajstić information content (AvgIpc) is 2.85. The summed E-state index contributed by atoms with van der Waals surface area (Å²) in [5, 5.41) is 10.9. The van der Waals surface area contributed by atoms with Crippen LogP contribution in [0, 0.1) is 6.92 Å². The summed E-state index contributed by atoms with van der Waals surface area (Å²) in [6, 6.07) is 0. The van der Waals surface area contributed by atoms with E-state index in [1.54, 1.807) is 0 Å². The van der Waals surface area contributed by atoms with Crippen LogP contribution < -0.4 is 5.56 Å². The van der Waals surface area contributed by atoms with Gasteiger partial charge in [0.1, 0.15) is 5.56 Å². The van der Waals surface area contributed by atoms with Crippen LogP contribution in [0.15, 0.2) is 16.4 Å². The molecule has 0 aromatic carbocycles. The number of fused-ring (bicyclic) bond motifs is 1. The van der Waals surface area contributed by atoms with Crippen molar-refractivity contribution in [2.45, 2.75) is 26.7 Å². The fourth-order valence-corrected chi connectivity index (χ4v) is 2.95. The van der Waals surface area contributed by atoms with Crippen LogP contribution in [0.2, 0.25) is 0 Å². The number of aliphatic hydroxyl groups excluding tert-OH is 1. The van der Waals surface area contributed by atoms with Gasteiger partial charge in [-0.15, -0.1) is 11.3 Å². The van der Waals surface area contributed by atoms with Gasteiger partial charge < -0.3 is 10.0 Å². The predicted octanol–water partition coefficient (Wildman–Crippen LogP) is 1.30. The Bertz CT molecular complexity index is 692. The summed E-state index contributed by atoms with van der Waals surface area (Å²) in [5.41, 5.74) is 0.478. The predicted molar refractivity (Wildman–Crippen MR) is 82.0 cm³/mol. The highest BCUT2D eigenvalue weighted by Gasteiger charge is 2.20. The third-order valence-corrected chi connectivity index (χ3v) is 4.24. The van der Waals surface area contributed by atoms with Crippen LogP contribution in [-0.4, -0.2) is 45.0 Å². The Balaban J connectivity index is 2.39. The molecule has 0 atom stereocenters. The average molecular weight is 309 g/mol. The van der Waals surface area contributed by atoms with Gasteiger partial charge in [-0.3, -0.25) is 14.0 Å². The number of amides is 1. The van der Waals surface area contributed by atoms with Crippen molar-refractivity contribution in [3.8, 4) is 0 Å². The normalized spacial score (nSPS) is 11.0. The number of hydrogen-bond acceptors (Lipinski definition) is 5. The Hall–Kier alpha value is -1.73. The molecule has 114 valence electrons. The zero-order valence-electron chi connectivity index (χ0n) is 12.2. The molecule has 0 spiro atoms. The first-order valence-electron chi connectivity index (χ1n) is 6.96. The monoisotopic (exact) mass is 309 g/mol. The van der Waals surface area contributed by atoms with E-state index in [-0.39, 0.29) is 30.2 Å². The zero-order valence-corrected chi connectivity index (χ0v) is 13.0. The lowest BCUT2D eigenvalue weighted by molar-refractivity contribution is 0.0717. The number of aromatic nitrogens is 2. The third kappa shape index (κ3) is 3.14. The molecule has 0 radical (unpaired) electrons. The van der Waals surface area contributed by atoms with Crippen LogP contribution in [0.25, 0.3) is 4.96 Å². The van der Waals surface area contributed by atoms with Gasteiger partial charge in [-0.2, -0.15) is 0 Å². The highest BCUT2D eigenvalue weighted by atomic mass is 32.1. The molecule has 6 nitrogen and oxygen atoms in total. The van der Waals surface area contributed by atoms with E-state index in [0.29, 0.717) is 11.5 Å². The molecule has 2 heterocycles. The molecule has 7 heteroatoms. The quantitative estimate of drug-likeness (QED) is 0.873. The van der Waals surface area contributed by atoms with Gasteiger partial charge in [0.25, 0.3) is 11.5 Å². The molecule has 0 unspecified atom stereocenters. The standard InChI is InChI=1S/C14H19N3O3S/c1-3-4-5-16(6-7-18)12(19)11-8-15-14-17(13(11)20)10(2)9-21-14/h8-9,18H,3-7H2,1-2H3. The molecule has 2 rings (SSSR count). The van der Waals surface area contributed by atoms with Gasteiger partial charge in [-0.05, 0) is 13.3 Å². The van der Waals surface area contributed by atoms with Gasteiger partial charge in [0.2, 0.25) is 0 Å². The van der Waals surface area contributed by atoms with E-state index in [2.05, 4.69) is 4.98 Å². The van der Waals surface area contributed by atoms with Crippen LogP contribution in [-0.2, 0) is 0 Å². The van der Waals surface area contributed by atoms with Crippen molar-refractivity contribution < 1.29 is 9.90 Å². The molecule has 0 fully saturated rings. The summed E-state index contributed by atoms with van der Waals surface area (Å²) in [7, 11) is 0. The van der Waals surface area contributed by atoms with Gasteiger partial charge in [-0.25, -0.2) is 4.98 Å². The molecule has 0 aliphatic rings. The molecule has 21 heavy (non-hydrogen) atoms. The van der Waals surface area contributed by atoms with Crippen LogP contribution in [0.3, 0.4) is 0 Å². The molecule has 2 aromatic heterocycles. The maximum Gasteiger partial charge on any atom is 0.271 e. The number of carbonyl (C=O) groups excluding carboxylic acids is 1. The van der Waals surface area contributed by atoms with Crippen molar-refractivity contribution in [2.24, 2.45) is 0 Å². The second kappa shape index (κ2) is 6.82. The van der Waals surface area contributed by atoms with Gasteiger partial charge in [0.05, 0.1) is 6.61 Å². The van der Waals surface area contributed by atoms with Gasteiger partial charge in [0.15, 0.2) is 4.96 Å². The molecule has 1 N–H and O–H groups in total. The van der Waals surface area contributed by atoms with Crippen molar-refractivity contribution in [3.63, 3.8) is 0 Å². The first kappa shape index (κ1) is 15.7. The van der Waals surface area contributed by atoms with E-state index in [4.69, 9.17) is 5.11 Å². The number of aliphatic hydroxyl groups is 1. The van der Waals surface area contributed by atoms with E-state index < -0.39 is 0 Å². The molecular formula is C14H19N3O3S. The van der Waals surface area contributed by atoms with Gasteiger partial charge in [0, 0.05) is 30.4 Å². The molecular weight excluding hydrogens is 290 g/mol. The Kier molecular flexibility index (Phi) is 5.08. The Labute approximate surface area is 126 Å². The lowest BCUT2D eigenvalue weighted by Crippen LogP contribution is -2.38. The number of hydrogen-bond donors (Lipinski definition) is 1. The SMILES string of the molecule is CCCCN(CCO)C(=O)c1cnc2scc(C)n2c1=O. The highest BCUT2D eigenvalue weighted by Crippen LogP contribution is 2.12. The van der Waals surface area contributed by atoms with E-state index in [0.717, 1.165) is 18.5 Å². The maximum atomic E-state index is 12.5. The van der Waals surface area contributed by atoms with Crippen molar-refractivity contribution in [3.05, 3.63) is 33.2 Å². The molecule has 1 amide bonds. The van der Waals surface area contributed by atoms with Crippen LogP contribution >= 0.6 is 11.3 Å².